The SMILES string of the molecule is C[C@@H]1CN([C@@H](C)CO)C(=O)Cc2cc(NC(=O)CCC(F)(F)F)ccc2O[C@@H]1CN(C)C(=O)Nc1ccc(C(F)(F)F)cc1. The third-order valence-electron chi connectivity index (χ3n) is 7.10. The van der Waals surface area contributed by atoms with E-state index in [-0.39, 0.29) is 55.1 Å². The highest BCUT2D eigenvalue weighted by atomic mass is 19.4. The van der Waals surface area contributed by atoms with Gasteiger partial charge in [-0.1, -0.05) is 6.92 Å². The summed E-state index contributed by atoms with van der Waals surface area (Å²) in [4.78, 5) is 41.0. The molecule has 1 heterocycles. The van der Waals surface area contributed by atoms with Crippen LogP contribution in [0.25, 0.3) is 0 Å². The molecule has 44 heavy (non-hydrogen) atoms. The predicted molar refractivity (Wildman–Crippen MR) is 149 cm³/mol. The van der Waals surface area contributed by atoms with Gasteiger partial charge in [-0.3, -0.25) is 9.59 Å². The number of carbonyl (C=O) groups excluding carboxylic acids is 3. The summed E-state index contributed by atoms with van der Waals surface area (Å²) >= 11 is 0. The summed E-state index contributed by atoms with van der Waals surface area (Å²) < 4.78 is 82.5. The van der Waals surface area contributed by atoms with E-state index in [0.29, 0.717) is 5.56 Å². The molecule has 2 aromatic carbocycles. The van der Waals surface area contributed by atoms with E-state index in [0.717, 1.165) is 24.3 Å². The van der Waals surface area contributed by atoms with Crippen LogP contribution in [0.1, 0.15) is 37.8 Å². The number of ether oxygens (including phenoxy) is 1. The van der Waals surface area contributed by atoms with Crippen LogP contribution in [0.2, 0.25) is 0 Å². The van der Waals surface area contributed by atoms with Crippen LogP contribution in [0.15, 0.2) is 42.5 Å². The maximum atomic E-state index is 13.3. The van der Waals surface area contributed by atoms with E-state index >= 15 is 0 Å². The van der Waals surface area contributed by atoms with E-state index in [1.165, 1.54) is 35.0 Å². The number of fused-ring (bicyclic) bond motifs is 1. The van der Waals surface area contributed by atoms with Crippen LogP contribution < -0.4 is 15.4 Å². The van der Waals surface area contributed by atoms with Gasteiger partial charge in [0.25, 0.3) is 0 Å². The molecule has 2 aromatic rings. The lowest BCUT2D eigenvalue weighted by molar-refractivity contribution is -0.142. The molecule has 0 fully saturated rings. The predicted octanol–water partition coefficient (Wildman–Crippen LogP) is 5.30. The highest BCUT2D eigenvalue weighted by Gasteiger charge is 2.33. The second-order valence-corrected chi connectivity index (χ2v) is 10.8. The zero-order valence-electron chi connectivity index (χ0n) is 24.3. The Balaban J connectivity index is 1.82. The lowest BCUT2D eigenvalue weighted by Crippen LogP contribution is -2.48. The second-order valence-electron chi connectivity index (χ2n) is 10.8. The molecular formula is C29H34F6N4O5. The number of hydrogen-bond donors (Lipinski definition) is 3. The Morgan fingerprint density at radius 1 is 1.07 bits per heavy atom. The van der Waals surface area contributed by atoms with Crippen molar-refractivity contribution in [1.29, 1.82) is 0 Å². The number of amides is 4. The first kappa shape index (κ1) is 34.5. The van der Waals surface area contributed by atoms with Crippen LogP contribution in [0.5, 0.6) is 5.75 Å². The van der Waals surface area contributed by atoms with E-state index in [1.807, 2.05) is 0 Å². The monoisotopic (exact) mass is 632 g/mol. The van der Waals surface area contributed by atoms with Gasteiger partial charge in [0.05, 0.1) is 37.6 Å². The fourth-order valence-electron chi connectivity index (χ4n) is 4.52. The van der Waals surface area contributed by atoms with Crippen molar-refractivity contribution in [3.05, 3.63) is 53.6 Å². The number of benzene rings is 2. The number of alkyl halides is 6. The molecule has 1 aliphatic rings. The van der Waals surface area contributed by atoms with Crippen molar-refractivity contribution in [2.45, 2.75) is 57.6 Å². The zero-order chi connectivity index (χ0) is 32.8. The van der Waals surface area contributed by atoms with Gasteiger partial charge in [0.15, 0.2) is 0 Å². The number of halogens is 6. The summed E-state index contributed by atoms with van der Waals surface area (Å²) in [7, 11) is 1.46. The Labute approximate surface area is 250 Å². The van der Waals surface area contributed by atoms with E-state index < -0.39 is 54.8 Å². The minimum atomic E-state index is -4.53. The number of anilines is 2. The molecule has 0 aromatic heterocycles. The topological polar surface area (TPSA) is 111 Å². The summed E-state index contributed by atoms with van der Waals surface area (Å²) in [6.45, 7) is 3.24. The summed E-state index contributed by atoms with van der Waals surface area (Å²) in [5.41, 5.74) is -0.238. The van der Waals surface area contributed by atoms with Crippen molar-refractivity contribution in [2.75, 3.05) is 37.4 Å². The van der Waals surface area contributed by atoms with Crippen molar-refractivity contribution < 1.29 is 50.6 Å². The van der Waals surface area contributed by atoms with E-state index in [2.05, 4.69) is 10.6 Å². The Morgan fingerprint density at radius 2 is 1.70 bits per heavy atom. The van der Waals surface area contributed by atoms with Gasteiger partial charge >= 0.3 is 18.4 Å². The fraction of sp³-hybridized carbons (Fsp3) is 0.483. The van der Waals surface area contributed by atoms with Crippen LogP contribution in [0, 0.1) is 5.92 Å². The zero-order valence-corrected chi connectivity index (χ0v) is 24.3. The van der Waals surface area contributed by atoms with Gasteiger partial charge in [-0.2, -0.15) is 26.3 Å². The van der Waals surface area contributed by atoms with Crippen LogP contribution in [-0.2, 0) is 22.2 Å². The normalized spacial score (nSPS) is 18.2. The van der Waals surface area contributed by atoms with E-state index in [9.17, 15) is 45.8 Å². The molecule has 0 saturated carbocycles. The molecule has 4 amide bonds. The first-order valence-electron chi connectivity index (χ1n) is 13.7. The summed E-state index contributed by atoms with van der Waals surface area (Å²) in [5.74, 6) is -1.36. The number of nitrogens with one attached hydrogen (secondary N) is 2. The van der Waals surface area contributed by atoms with E-state index in [4.69, 9.17) is 4.74 Å². The highest BCUT2D eigenvalue weighted by Crippen LogP contribution is 2.31. The third-order valence-corrected chi connectivity index (χ3v) is 7.10. The molecule has 0 spiro atoms. The van der Waals surface area contributed by atoms with Gasteiger partial charge in [0, 0.05) is 42.9 Å². The smallest absolute Gasteiger partial charge is 0.416 e. The molecule has 242 valence electrons. The van der Waals surface area contributed by atoms with Crippen LogP contribution >= 0.6 is 0 Å². The molecule has 0 radical (unpaired) electrons. The molecule has 9 nitrogen and oxygen atoms in total. The van der Waals surface area contributed by atoms with Gasteiger partial charge in [-0.15, -0.1) is 0 Å². The molecule has 0 bridgehead atoms. The molecule has 3 N–H and O–H groups in total. The van der Waals surface area contributed by atoms with Crippen molar-refractivity contribution in [2.24, 2.45) is 5.92 Å². The van der Waals surface area contributed by atoms with Crippen molar-refractivity contribution in [3.8, 4) is 5.75 Å². The number of rotatable bonds is 8. The number of likely N-dealkylation sites (N-methyl/N-ethyl adjacent to an activating group) is 1. The maximum absolute atomic E-state index is 13.3. The third kappa shape index (κ3) is 9.76. The number of aliphatic hydroxyl groups excluding tert-OH is 1. The Hall–Kier alpha value is -4.01. The van der Waals surface area contributed by atoms with Gasteiger partial charge in [0.1, 0.15) is 11.9 Å². The average Bonchev–Trinajstić information content (AvgIpc) is 2.98. The standard InChI is InChI=1S/C29H34F6N4O5/c1-17-14-39(18(2)16-40)26(42)13-19-12-22(36-25(41)10-11-28(30,31)32)8-9-23(19)44-24(17)15-38(3)27(43)37-21-6-4-20(5-7-21)29(33,34)35/h4-9,12,17-18,24,40H,10-11,13-16H2,1-3H3,(H,36,41)(H,37,43)/t17-,18+,24-/m1/s1. The lowest BCUT2D eigenvalue weighted by Gasteiger charge is -2.34. The molecule has 0 saturated heterocycles. The molecular weight excluding hydrogens is 598 g/mol. The Morgan fingerprint density at radius 3 is 2.30 bits per heavy atom. The summed E-state index contributed by atoms with van der Waals surface area (Å²) in [6, 6.07) is 7.06. The first-order valence-corrected chi connectivity index (χ1v) is 13.7. The van der Waals surface area contributed by atoms with Crippen molar-refractivity contribution in [3.63, 3.8) is 0 Å². The minimum Gasteiger partial charge on any atom is -0.488 e. The minimum absolute atomic E-state index is 0.0153. The molecule has 1 aliphatic heterocycles. The first-order chi connectivity index (χ1) is 20.5. The molecule has 0 unspecified atom stereocenters. The fourth-order valence-corrected chi connectivity index (χ4v) is 4.52. The lowest BCUT2D eigenvalue weighted by atomic mass is 10.0. The number of hydrogen-bond acceptors (Lipinski definition) is 5. The second kappa shape index (κ2) is 14.2. The average molecular weight is 633 g/mol. The number of aliphatic hydroxyl groups is 1. The van der Waals surface area contributed by atoms with Gasteiger partial charge < -0.3 is 30.3 Å². The summed E-state index contributed by atoms with van der Waals surface area (Å²) in [5, 5.41) is 14.7. The van der Waals surface area contributed by atoms with E-state index in [1.54, 1.807) is 13.8 Å². The van der Waals surface area contributed by atoms with Crippen LogP contribution in [0.4, 0.5) is 42.5 Å². The molecule has 15 heteroatoms. The van der Waals surface area contributed by atoms with Gasteiger partial charge in [0.2, 0.25) is 11.8 Å². The largest absolute Gasteiger partial charge is 0.488 e. The van der Waals surface area contributed by atoms with Crippen molar-refractivity contribution in [1.82, 2.24) is 9.80 Å². The number of urea groups is 1. The number of nitrogens with zero attached hydrogens (tertiary/aromatic N) is 2. The molecule has 0 aliphatic carbocycles. The van der Waals surface area contributed by atoms with Crippen molar-refractivity contribution >= 4 is 29.2 Å². The van der Waals surface area contributed by atoms with Crippen LogP contribution in [0.3, 0.4) is 0 Å². The summed E-state index contributed by atoms with van der Waals surface area (Å²) in [6.07, 6.45) is -12.0. The van der Waals surface area contributed by atoms with Gasteiger partial charge in [-0.25, -0.2) is 4.79 Å². The molecule has 3 atom stereocenters. The van der Waals surface area contributed by atoms with Crippen LogP contribution in [-0.4, -0.2) is 77.8 Å². The quantitative estimate of drug-likeness (QED) is 0.342. The highest BCUT2D eigenvalue weighted by molar-refractivity contribution is 5.91. The number of carbonyl (C=O) groups is 3. The Kier molecular flexibility index (Phi) is 11.1. The maximum Gasteiger partial charge on any atom is 0.416 e. The Bertz CT molecular complexity index is 1320. The van der Waals surface area contributed by atoms with Gasteiger partial charge in [-0.05, 0) is 49.4 Å². The molecule has 3 rings (SSSR count).